The van der Waals surface area contributed by atoms with Gasteiger partial charge in [0.15, 0.2) is 0 Å². The van der Waals surface area contributed by atoms with Gasteiger partial charge in [0.05, 0.1) is 4.92 Å². The number of ether oxygens (including phenoxy) is 1. The molecule has 0 aromatic carbocycles. The fourth-order valence-electron chi connectivity index (χ4n) is 2.33. The van der Waals surface area contributed by atoms with E-state index in [-0.39, 0.29) is 30.0 Å². The molecule has 106 valence electrons. The third-order valence-corrected chi connectivity index (χ3v) is 3.49. The van der Waals surface area contributed by atoms with Crippen molar-refractivity contribution in [2.45, 2.75) is 31.8 Å². The van der Waals surface area contributed by atoms with Crippen LogP contribution in [-0.4, -0.2) is 27.7 Å². The molecule has 1 aliphatic carbocycles. The molecular weight excluding hydrogens is 262 g/mol. The average molecular weight is 277 g/mol. The lowest BCUT2D eigenvalue weighted by Crippen LogP contribution is -2.25. The van der Waals surface area contributed by atoms with Crippen molar-refractivity contribution < 1.29 is 14.8 Å². The minimum absolute atomic E-state index is 0.0155. The number of rotatable bonds is 4. The highest BCUT2D eigenvalue weighted by Crippen LogP contribution is 2.27. The van der Waals surface area contributed by atoms with E-state index < -0.39 is 4.92 Å². The first kappa shape index (κ1) is 14.2. The van der Waals surface area contributed by atoms with Crippen LogP contribution in [0.25, 0.3) is 0 Å². The number of hydrogen-bond donors (Lipinski definition) is 1. The zero-order chi connectivity index (χ0) is 14.5. The van der Waals surface area contributed by atoms with Crippen LogP contribution < -0.4 is 4.74 Å². The van der Waals surface area contributed by atoms with E-state index in [2.05, 4.69) is 4.98 Å². The molecule has 1 N–H and O–H groups in total. The Morgan fingerprint density at radius 1 is 1.45 bits per heavy atom. The molecule has 1 aliphatic rings. The number of nitriles is 1. The summed E-state index contributed by atoms with van der Waals surface area (Å²) in [6, 6.07) is 4.36. The molecule has 7 nitrogen and oxygen atoms in total. The fourth-order valence-corrected chi connectivity index (χ4v) is 2.33. The predicted octanol–water partition coefficient (Wildman–Crippen LogP) is 1.79. The lowest BCUT2D eigenvalue weighted by Gasteiger charge is -2.27. The maximum atomic E-state index is 10.7. The molecule has 1 aromatic rings. The van der Waals surface area contributed by atoms with Gasteiger partial charge in [-0.2, -0.15) is 10.2 Å². The molecule has 2 rings (SSSR count). The fraction of sp³-hybridized carbons (Fsp3) is 0.538. The van der Waals surface area contributed by atoms with Crippen molar-refractivity contribution in [2.75, 3.05) is 6.61 Å². The first-order valence-electron chi connectivity index (χ1n) is 6.47. The summed E-state index contributed by atoms with van der Waals surface area (Å²) in [6.45, 7) is 0.196. The van der Waals surface area contributed by atoms with Crippen LogP contribution in [0.5, 0.6) is 5.88 Å². The van der Waals surface area contributed by atoms with Gasteiger partial charge in [-0.15, -0.1) is 0 Å². The summed E-state index contributed by atoms with van der Waals surface area (Å²) in [5.74, 6) is 0.564. The van der Waals surface area contributed by atoms with E-state index >= 15 is 0 Å². The van der Waals surface area contributed by atoms with Crippen LogP contribution in [0.15, 0.2) is 12.1 Å². The van der Waals surface area contributed by atoms with Crippen molar-refractivity contribution >= 4 is 5.69 Å². The van der Waals surface area contributed by atoms with Crippen molar-refractivity contribution in [3.05, 3.63) is 27.9 Å². The Labute approximate surface area is 116 Å². The van der Waals surface area contributed by atoms with Gasteiger partial charge in [0, 0.05) is 18.7 Å². The van der Waals surface area contributed by atoms with Gasteiger partial charge in [0.2, 0.25) is 11.6 Å². The Morgan fingerprint density at radius 3 is 2.70 bits per heavy atom. The molecule has 0 amide bonds. The Balaban J connectivity index is 2.04. The van der Waals surface area contributed by atoms with Gasteiger partial charge in [-0.25, -0.2) is 0 Å². The average Bonchev–Trinajstić information content (AvgIpc) is 2.47. The van der Waals surface area contributed by atoms with Gasteiger partial charge in [-0.1, -0.05) is 0 Å². The number of nitrogens with zero attached hydrogens (tertiary/aromatic N) is 3. The SMILES string of the molecule is N#Cc1nc(OC2CCC(CO)CC2)ccc1[N+](=O)[O-]. The molecule has 1 saturated carbocycles. The van der Waals surface area contributed by atoms with Gasteiger partial charge in [-0.05, 0) is 31.6 Å². The molecular formula is C13H15N3O4. The quantitative estimate of drug-likeness (QED) is 0.663. The summed E-state index contributed by atoms with van der Waals surface area (Å²) in [4.78, 5) is 13.9. The van der Waals surface area contributed by atoms with Gasteiger partial charge in [0.25, 0.3) is 0 Å². The topological polar surface area (TPSA) is 109 Å². The second-order valence-corrected chi connectivity index (χ2v) is 4.83. The highest BCUT2D eigenvalue weighted by Gasteiger charge is 2.23. The van der Waals surface area contributed by atoms with Crippen LogP contribution in [0.2, 0.25) is 0 Å². The minimum Gasteiger partial charge on any atom is -0.474 e. The monoisotopic (exact) mass is 277 g/mol. The van der Waals surface area contributed by atoms with E-state index in [4.69, 9.17) is 15.1 Å². The number of hydrogen-bond acceptors (Lipinski definition) is 6. The lowest BCUT2D eigenvalue weighted by atomic mass is 9.88. The van der Waals surface area contributed by atoms with Gasteiger partial charge >= 0.3 is 5.69 Å². The molecule has 0 radical (unpaired) electrons. The largest absolute Gasteiger partial charge is 0.474 e. The van der Waals surface area contributed by atoms with E-state index in [1.807, 2.05) is 0 Å². The number of nitro groups is 1. The first-order chi connectivity index (χ1) is 9.63. The third-order valence-electron chi connectivity index (χ3n) is 3.49. The highest BCUT2D eigenvalue weighted by molar-refractivity contribution is 5.45. The second-order valence-electron chi connectivity index (χ2n) is 4.83. The molecule has 20 heavy (non-hydrogen) atoms. The molecule has 0 spiro atoms. The second kappa shape index (κ2) is 6.30. The minimum atomic E-state index is -0.637. The van der Waals surface area contributed by atoms with Crippen LogP contribution in [0.3, 0.4) is 0 Å². The number of aliphatic hydroxyl groups excluding tert-OH is 1. The van der Waals surface area contributed by atoms with Crippen molar-refractivity contribution in [3.63, 3.8) is 0 Å². The van der Waals surface area contributed by atoms with Crippen molar-refractivity contribution in [2.24, 2.45) is 5.92 Å². The van der Waals surface area contributed by atoms with Crippen LogP contribution in [0, 0.1) is 27.4 Å². The van der Waals surface area contributed by atoms with E-state index in [9.17, 15) is 10.1 Å². The standard InChI is InChI=1S/C13H15N3O4/c14-7-11-12(16(18)19)5-6-13(15-11)20-10-3-1-9(8-17)2-4-10/h5-6,9-10,17H,1-4,8H2. The van der Waals surface area contributed by atoms with Gasteiger partial charge in [-0.3, -0.25) is 10.1 Å². The van der Waals surface area contributed by atoms with Crippen LogP contribution in [0.4, 0.5) is 5.69 Å². The summed E-state index contributed by atoms with van der Waals surface area (Å²) in [6.07, 6.45) is 3.38. The van der Waals surface area contributed by atoms with E-state index in [1.54, 1.807) is 6.07 Å². The predicted molar refractivity (Wildman–Crippen MR) is 69.1 cm³/mol. The smallest absolute Gasteiger partial charge is 0.305 e. The van der Waals surface area contributed by atoms with Crippen LogP contribution in [-0.2, 0) is 0 Å². The van der Waals surface area contributed by atoms with Crippen LogP contribution >= 0.6 is 0 Å². The molecule has 7 heteroatoms. The molecule has 1 aromatic heterocycles. The molecule has 0 bridgehead atoms. The molecule has 1 fully saturated rings. The zero-order valence-corrected chi connectivity index (χ0v) is 10.9. The lowest BCUT2D eigenvalue weighted by molar-refractivity contribution is -0.385. The Bertz CT molecular complexity index is 533. The van der Waals surface area contributed by atoms with E-state index in [0.717, 1.165) is 25.7 Å². The Kier molecular flexibility index (Phi) is 4.48. The molecule has 0 saturated heterocycles. The summed E-state index contributed by atoms with van der Waals surface area (Å²) in [5.41, 5.74) is -0.555. The van der Waals surface area contributed by atoms with Gasteiger partial charge < -0.3 is 9.84 Å². The summed E-state index contributed by atoms with van der Waals surface area (Å²) in [5, 5.41) is 28.6. The maximum Gasteiger partial charge on any atom is 0.305 e. The van der Waals surface area contributed by atoms with E-state index in [0.29, 0.717) is 5.92 Å². The molecule has 0 aliphatic heterocycles. The normalized spacial score (nSPS) is 22.0. The Morgan fingerprint density at radius 2 is 2.15 bits per heavy atom. The molecule has 0 unspecified atom stereocenters. The third kappa shape index (κ3) is 3.22. The summed E-state index contributed by atoms with van der Waals surface area (Å²) < 4.78 is 5.66. The number of aliphatic hydroxyl groups is 1. The number of aromatic nitrogens is 1. The van der Waals surface area contributed by atoms with Crippen molar-refractivity contribution in [1.82, 2.24) is 4.98 Å². The number of pyridine rings is 1. The summed E-state index contributed by atoms with van der Waals surface area (Å²) in [7, 11) is 0. The summed E-state index contributed by atoms with van der Waals surface area (Å²) >= 11 is 0. The molecule has 1 heterocycles. The van der Waals surface area contributed by atoms with E-state index in [1.165, 1.54) is 12.1 Å². The van der Waals surface area contributed by atoms with Crippen LogP contribution in [0.1, 0.15) is 31.4 Å². The Hall–Kier alpha value is -2.20. The maximum absolute atomic E-state index is 10.7. The van der Waals surface area contributed by atoms with Crippen molar-refractivity contribution in [1.29, 1.82) is 5.26 Å². The highest BCUT2D eigenvalue weighted by atomic mass is 16.6. The zero-order valence-electron chi connectivity index (χ0n) is 10.9. The molecule has 0 atom stereocenters. The van der Waals surface area contributed by atoms with Gasteiger partial charge in [0.1, 0.15) is 12.2 Å². The first-order valence-corrected chi connectivity index (χ1v) is 6.47. The van der Waals surface area contributed by atoms with Crippen molar-refractivity contribution in [3.8, 4) is 11.9 Å².